The number of rotatable bonds is 4. The van der Waals surface area contributed by atoms with Gasteiger partial charge in [0, 0.05) is 26.0 Å². The minimum atomic E-state index is -1.04. The van der Waals surface area contributed by atoms with E-state index in [-0.39, 0.29) is 25.0 Å². The maximum absolute atomic E-state index is 12.0. The lowest BCUT2D eigenvalue weighted by Gasteiger charge is -2.25. The van der Waals surface area contributed by atoms with E-state index in [1.54, 1.807) is 0 Å². The normalized spacial score (nSPS) is 31.4. The number of carbonyl (C=O) groups is 2. The SMILES string of the molecule is O=C(O)[C@@H]1C[C@H](O)CN1C(=O)CCC1CCCCO1. The second kappa shape index (κ2) is 6.34. The first-order chi connectivity index (χ1) is 9.08. The lowest BCUT2D eigenvalue weighted by molar-refractivity contribution is -0.148. The number of ether oxygens (including phenoxy) is 1. The minimum absolute atomic E-state index is 0.119. The van der Waals surface area contributed by atoms with Crippen LogP contribution in [0.5, 0.6) is 0 Å². The van der Waals surface area contributed by atoms with Gasteiger partial charge in [0.15, 0.2) is 0 Å². The van der Waals surface area contributed by atoms with E-state index in [0.29, 0.717) is 12.8 Å². The molecule has 2 rings (SSSR count). The highest BCUT2D eigenvalue weighted by molar-refractivity contribution is 5.84. The van der Waals surface area contributed by atoms with Crippen molar-refractivity contribution in [3.8, 4) is 0 Å². The Balaban J connectivity index is 1.82. The summed E-state index contributed by atoms with van der Waals surface area (Å²) >= 11 is 0. The van der Waals surface area contributed by atoms with Crippen molar-refractivity contribution in [1.82, 2.24) is 4.90 Å². The molecule has 0 spiro atoms. The number of aliphatic carboxylic acids is 1. The predicted molar refractivity (Wildman–Crippen MR) is 66.6 cm³/mol. The van der Waals surface area contributed by atoms with Gasteiger partial charge in [0.25, 0.3) is 0 Å². The summed E-state index contributed by atoms with van der Waals surface area (Å²) in [6.07, 6.45) is 3.62. The van der Waals surface area contributed by atoms with Crippen molar-refractivity contribution in [2.24, 2.45) is 0 Å². The number of nitrogens with zero attached hydrogens (tertiary/aromatic N) is 1. The molecule has 19 heavy (non-hydrogen) atoms. The molecular weight excluding hydrogens is 250 g/mol. The van der Waals surface area contributed by atoms with Crippen LogP contribution >= 0.6 is 0 Å². The Bertz CT molecular complexity index is 340. The molecule has 1 unspecified atom stereocenters. The molecule has 2 heterocycles. The van der Waals surface area contributed by atoms with Gasteiger partial charge in [-0.25, -0.2) is 4.79 Å². The second-order valence-corrected chi connectivity index (χ2v) is 5.32. The summed E-state index contributed by atoms with van der Waals surface area (Å²) in [5.74, 6) is -1.24. The zero-order valence-corrected chi connectivity index (χ0v) is 11.0. The molecule has 2 fully saturated rings. The Hall–Kier alpha value is -1.14. The van der Waals surface area contributed by atoms with Gasteiger partial charge in [0.2, 0.25) is 5.91 Å². The highest BCUT2D eigenvalue weighted by Crippen LogP contribution is 2.22. The third kappa shape index (κ3) is 3.67. The van der Waals surface area contributed by atoms with E-state index >= 15 is 0 Å². The van der Waals surface area contributed by atoms with Gasteiger partial charge in [-0.2, -0.15) is 0 Å². The Kier molecular flexibility index (Phi) is 4.76. The molecule has 0 bridgehead atoms. The molecular formula is C13H21NO5. The van der Waals surface area contributed by atoms with Crippen molar-refractivity contribution in [2.45, 2.75) is 56.8 Å². The van der Waals surface area contributed by atoms with E-state index in [2.05, 4.69) is 0 Å². The fourth-order valence-electron chi connectivity index (χ4n) is 2.79. The van der Waals surface area contributed by atoms with Crippen molar-refractivity contribution in [2.75, 3.05) is 13.2 Å². The molecule has 1 amide bonds. The smallest absolute Gasteiger partial charge is 0.326 e. The Morgan fingerprint density at radius 2 is 2.11 bits per heavy atom. The number of carboxylic acid groups (broad SMARTS) is 1. The average Bonchev–Trinajstić information content (AvgIpc) is 2.79. The minimum Gasteiger partial charge on any atom is -0.480 e. The maximum Gasteiger partial charge on any atom is 0.326 e. The fourth-order valence-corrected chi connectivity index (χ4v) is 2.79. The molecule has 0 aromatic rings. The van der Waals surface area contributed by atoms with Gasteiger partial charge in [-0.15, -0.1) is 0 Å². The van der Waals surface area contributed by atoms with Crippen LogP contribution in [0.15, 0.2) is 0 Å². The average molecular weight is 271 g/mol. The second-order valence-electron chi connectivity index (χ2n) is 5.32. The molecule has 0 radical (unpaired) electrons. The number of likely N-dealkylation sites (tertiary alicyclic amines) is 1. The third-order valence-corrected chi connectivity index (χ3v) is 3.84. The summed E-state index contributed by atoms with van der Waals surface area (Å²) in [6.45, 7) is 0.875. The topological polar surface area (TPSA) is 87.1 Å². The molecule has 0 aromatic heterocycles. The lowest BCUT2D eigenvalue weighted by Crippen LogP contribution is -2.40. The van der Waals surface area contributed by atoms with E-state index in [0.717, 1.165) is 25.9 Å². The quantitative estimate of drug-likeness (QED) is 0.772. The number of aliphatic hydroxyl groups is 1. The molecule has 6 heteroatoms. The molecule has 2 N–H and O–H groups in total. The zero-order valence-electron chi connectivity index (χ0n) is 11.0. The van der Waals surface area contributed by atoms with Gasteiger partial charge in [-0.3, -0.25) is 4.79 Å². The molecule has 2 saturated heterocycles. The van der Waals surface area contributed by atoms with Crippen LogP contribution in [0.3, 0.4) is 0 Å². The summed E-state index contributed by atoms with van der Waals surface area (Å²) in [6, 6.07) is -0.880. The summed E-state index contributed by atoms with van der Waals surface area (Å²) in [4.78, 5) is 24.4. The Morgan fingerprint density at radius 3 is 2.74 bits per heavy atom. The van der Waals surface area contributed by atoms with Crippen LogP contribution in [-0.2, 0) is 14.3 Å². The van der Waals surface area contributed by atoms with Crippen LogP contribution in [0.1, 0.15) is 38.5 Å². The van der Waals surface area contributed by atoms with Gasteiger partial charge in [0.05, 0.1) is 12.2 Å². The monoisotopic (exact) mass is 271 g/mol. The fraction of sp³-hybridized carbons (Fsp3) is 0.846. The standard InChI is InChI=1S/C13H21NO5/c15-9-7-11(13(17)18)14(8-9)12(16)5-4-10-3-1-2-6-19-10/h9-11,15H,1-8H2,(H,17,18)/t9-,10?,11-/m0/s1. The lowest BCUT2D eigenvalue weighted by atomic mass is 10.0. The summed E-state index contributed by atoms with van der Waals surface area (Å²) < 4.78 is 5.55. The Morgan fingerprint density at radius 1 is 1.32 bits per heavy atom. The van der Waals surface area contributed by atoms with Gasteiger partial charge in [-0.1, -0.05) is 0 Å². The molecule has 6 nitrogen and oxygen atoms in total. The number of amides is 1. The molecule has 2 aliphatic heterocycles. The van der Waals surface area contributed by atoms with Crippen molar-refractivity contribution >= 4 is 11.9 Å². The van der Waals surface area contributed by atoms with E-state index in [9.17, 15) is 14.7 Å². The first kappa shape index (κ1) is 14.3. The number of hydrogen-bond acceptors (Lipinski definition) is 4. The molecule has 0 aliphatic carbocycles. The van der Waals surface area contributed by atoms with E-state index < -0.39 is 18.1 Å². The molecule has 108 valence electrons. The van der Waals surface area contributed by atoms with Crippen LogP contribution in [-0.4, -0.2) is 58.4 Å². The van der Waals surface area contributed by atoms with E-state index in [4.69, 9.17) is 9.84 Å². The number of hydrogen-bond donors (Lipinski definition) is 2. The number of β-amino-alcohol motifs (C(OH)–C–C–N with tert-alkyl or cyclic N) is 1. The molecule has 3 atom stereocenters. The van der Waals surface area contributed by atoms with Crippen molar-refractivity contribution in [1.29, 1.82) is 0 Å². The van der Waals surface area contributed by atoms with Crippen LogP contribution in [0.2, 0.25) is 0 Å². The van der Waals surface area contributed by atoms with Gasteiger partial charge < -0.3 is 19.8 Å². The van der Waals surface area contributed by atoms with Gasteiger partial charge in [-0.05, 0) is 25.7 Å². The van der Waals surface area contributed by atoms with Crippen molar-refractivity contribution in [3.63, 3.8) is 0 Å². The third-order valence-electron chi connectivity index (χ3n) is 3.84. The van der Waals surface area contributed by atoms with Crippen LogP contribution in [0.25, 0.3) is 0 Å². The molecule has 2 aliphatic rings. The molecule has 0 saturated carbocycles. The van der Waals surface area contributed by atoms with Crippen LogP contribution in [0, 0.1) is 0 Å². The van der Waals surface area contributed by atoms with Crippen LogP contribution in [0.4, 0.5) is 0 Å². The predicted octanol–water partition coefficient (Wildman–Crippen LogP) is 0.382. The zero-order chi connectivity index (χ0) is 13.8. The highest BCUT2D eigenvalue weighted by atomic mass is 16.5. The van der Waals surface area contributed by atoms with Gasteiger partial charge >= 0.3 is 5.97 Å². The maximum atomic E-state index is 12.0. The number of aliphatic hydroxyl groups excluding tert-OH is 1. The van der Waals surface area contributed by atoms with Crippen molar-refractivity contribution < 1.29 is 24.5 Å². The van der Waals surface area contributed by atoms with Gasteiger partial charge in [0.1, 0.15) is 6.04 Å². The summed E-state index contributed by atoms with van der Waals surface area (Å²) in [7, 11) is 0. The Labute approximate surface area is 112 Å². The number of carboxylic acids is 1. The van der Waals surface area contributed by atoms with E-state index in [1.165, 1.54) is 4.90 Å². The van der Waals surface area contributed by atoms with Crippen LogP contribution < -0.4 is 0 Å². The first-order valence-corrected chi connectivity index (χ1v) is 6.90. The van der Waals surface area contributed by atoms with Crippen molar-refractivity contribution in [3.05, 3.63) is 0 Å². The molecule has 0 aromatic carbocycles. The highest BCUT2D eigenvalue weighted by Gasteiger charge is 2.38. The van der Waals surface area contributed by atoms with E-state index in [1.807, 2.05) is 0 Å². The number of carbonyl (C=O) groups excluding carboxylic acids is 1. The summed E-state index contributed by atoms with van der Waals surface area (Å²) in [5, 5.41) is 18.5. The first-order valence-electron chi connectivity index (χ1n) is 6.90. The summed E-state index contributed by atoms with van der Waals surface area (Å²) in [5.41, 5.74) is 0. The largest absolute Gasteiger partial charge is 0.480 e.